The number of nitrogens with one attached hydrogen (secondary N) is 2. The maximum Gasteiger partial charge on any atom is 0.221 e. The zero-order chi connectivity index (χ0) is 15.2. The number of aromatic nitrogens is 1. The van der Waals surface area contributed by atoms with Crippen molar-refractivity contribution in [2.75, 3.05) is 11.9 Å². The lowest BCUT2D eigenvalue weighted by Gasteiger charge is -2.12. The number of hydrogen-bond acceptors (Lipinski definition) is 4. The summed E-state index contributed by atoms with van der Waals surface area (Å²) in [6.07, 6.45) is 3.02. The fourth-order valence-corrected chi connectivity index (χ4v) is 2.04. The van der Waals surface area contributed by atoms with Crippen LogP contribution in [-0.2, 0) is 4.79 Å². The topological polar surface area (TPSA) is 74.2 Å². The first-order valence-corrected chi connectivity index (χ1v) is 7.21. The van der Waals surface area contributed by atoms with Crippen LogP contribution in [-0.4, -0.2) is 28.6 Å². The number of rotatable bonds is 6. The number of carbonyl (C=O) groups is 1. The van der Waals surface area contributed by atoms with Crippen LogP contribution in [0.1, 0.15) is 26.7 Å². The molecule has 1 unspecified atom stereocenters. The van der Waals surface area contributed by atoms with Crippen LogP contribution in [0, 0.1) is 0 Å². The van der Waals surface area contributed by atoms with Crippen molar-refractivity contribution in [3.63, 3.8) is 0 Å². The van der Waals surface area contributed by atoms with E-state index in [-0.39, 0.29) is 17.7 Å². The highest BCUT2D eigenvalue weighted by molar-refractivity contribution is 5.92. The van der Waals surface area contributed by atoms with Gasteiger partial charge in [0.1, 0.15) is 11.6 Å². The first-order chi connectivity index (χ1) is 10.1. The largest absolute Gasteiger partial charge is 0.508 e. The lowest BCUT2D eigenvalue weighted by molar-refractivity contribution is -0.121. The highest BCUT2D eigenvalue weighted by Crippen LogP contribution is 2.24. The molecule has 0 saturated heterocycles. The fraction of sp³-hybridized carbons (Fsp3) is 0.375. The molecule has 0 fully saturated rings. The normalized spacial score (nSPS) is 12.1. The monoisotopic (exact) mass is 287 g/mol. The quantitative estimate of drug-likeness (QED) is 0.763. The van der Waals surface area contributed by atoms with Crippen LogP contribution in [0.25, 0.3) is 10.8 Å². The second-order valence-corrected chi connectivity index (χ2v) is 5.12. The maximum atomic E-state index is 11.7. The molecule has 1 amide bonds. The first-order valence-electron chi connectivity index (χ1n) is 7.21. The van der Waals surface area contributed by atoms with Gasteiger partial charge >= 0.3 is 0 Å². The predicted molar refractivity (Wildman–Crippen MR) is 84.4 cm³/mol. The van der Waals surface area contributed by atoms with E-state index in [0.29, 0.717) is 18.8 Å². The summed E-state index contributed by atoms with van der Waals surface area (Å²) >= 11 is 0. The molecule has 2 aromatic rings. The summed E-state index contributed by atoms with van der Waals surface area (Å²) in [4.78, 5) is 16.0. The third-order valence-corrected chi connectivity index (χ3v) is 3.41. The lowest BCUT2D eigenvalue weighted by atomic mass is 10.1. The van der Waals surface area contributed by atoms with Gasteiger partial charge in [0.25, 0.3) is 0 Å². The minimum absolute atomic E-state index is 0.0277. The number of phenols is 1. The van der Waals surface area contributed by atoms with Gasteiger partial charge in [-0.2, -0.15) is 0 Å². The molecule has 1 aromatic carbocycles. The zero-order valence-corrected chi connectivity index (χ0v) is 12.4. The molecule has 5 nitrogen and oxygen atoms in total. The van der Waals surface area contributed by atoms with E-state index in [0.717, 1.165) is 17.2 Å². The van der Waals surface area contributed by atoms with Crippen molar-refractivity contribution in [2.45, 2.75) is 32.7 Å². The van der Waals surface area contributed by atoms with E-state index in [1.165, 1.54) is 0 Å². The van der Waals surface area contributed by atoms with Gasteiger partial charge in [0.2, 0.25) is 5.91 Å². The lowest BCUT2D eigenvalue weighted by Crippen LogP contribution is -2.33. The average Bonchev–Trinajstić information content (AvgIpc) is 2.47. The third-order valence-electron chi connectivity index (χ3n) is 3.41. The summed E-state index contributed by atoms with van der Waals surface area (Å²) in [6, 6.07) is 7.24. The third kappa shape index (κ3) is 4.08. The number of pyridine rings is 1. The van der Waals surface area contributed by atoms with Gasteiger partial charge in [-0.05, 0) is 36.9 Å². The van der Waals surface area contributed by atoms with E-state index in [9.17, 15) is 9.90 Å². The van der Waals surface area contributed by atoms with Gasteiger partial charge in [-0.3, -0.25) is 4.79 Å². The van der Waals surface area contributed by atoms with Gasteiger partial charge in [-0.1, -0.05) is 13.0 Å². The Labute approximate surface area is 124 Å². The Morgan fingerprint density at radius 2 is 2.19 bits per heavy atom. The molecule has 1 heterocycles. The number of amides is 1. The van der Waals surface area contributed by atoms with Crippen LogP contribution in [0.4, 0.5) is 5.82 Å². The Morgan fingerprint density at radius 3 is 2.95 bits per heavy atom. The number of aromatic hydroxyl groups is 1. The van der Waals surface area contributed by atoms with E-state index < -0.39 is 0 Å². The number of anilines is 1. The van der Waals surface area contributed by atoms with E-state index >= 15 is 0 Å². The fourth-order valence-electron chi connectivity index (χ4n) is 2.04. The highest BCUT2D eigenvalue weighted by Gasteiger charge is 2.07. The second-order valence-electron chi connectivity index (χ2n) is 5.12. The van der Waals surface area contributed by atoms with Gasteiger partial charge in [0.05, 0.1) is 0 Å². The molecule has 1 atom stereocenters. The van der Waals surface area contributed by atoms with Crippen LogP contribution < -0.4 is 10.6 Å². The molecule has 0 spiro atoms. The molecule has 2 rings (SSSR count). The summed E-state index contributed by atoms with van der Waals surface area (Å²) in [6.45, 7) is 4.53. The number of phenolic OH excluding ortho intramolecular Hbond substituents is 1. The molecule has 3 N–H and O–H groups in total. The number of carbonyl (C=O) groups excluding carboxylic acids is 1. The molecule has 1 aromatic heterocycles. The van der Waals surface area contributed by atoms with Crippen LogP contribution in [0.3, 0.4) is 0 Å². The minimum atomic E-state index is 0.0277. The number of nitrogens with zero attached hydrogens (tertiary/aromatic N) is 1. The molecule has 0 aliphatic heterocycles. The summed E-state index contributed by atoms with van der Waals surface area (Å²) in [7, 11) is 0. The Balaban J connectivity index is 1.97. The van der Waals surface area contributed by atoms with Crippen molar-refractivity contribution in [1.82, 2.24) is 10.3 Å². The Morgan fingerprint density at radius 1 is 1.38 bits per heavy atom. The molecule has 0 saturated carbocycles. The van der Waals surface area contributed by atoms with Crippen molar-refractivity contribution in [1.29, 1.82) is 0 Å². The van der Waals surface area contributed by atoms with Crippen molar-refractivity contribution in [3.8, 4) is 5.75 Å². The molecular formula is C16H21N3O2. The van der Waals surface area contributed by atoms with Gasteiger partial charge in [0, 0.05) is 30.6 Å². The molecule has 0 radical (unpaired) electrons. The van der Waals surface area contributed by atoms with Crippen LogP contribution in [0.5, 0.6) is 5.75 Å². The average molecular weight is 287 g/mol. The first kappa shape index (κ1) is 15.1. The van der Waals surface area contributed by atoms with Crippen LogP contribution >= 0.6 is 0 Å². The Bertz CT molecular complexity index is 628. The van der Waals surface area contributed by atoms with E-state index in [1.54, 1.807) is 18.3 Å². The van der Waals surface area contributed by atoms with Crippen LogP contribution in [0.2, 0.25) is 0 Å². The van der Waals surface area contributed by atoms with Crippen molar-refractivity contribution < 1.29 is 9.90 Å². The molecule has 5 heteroatoms. The van der Waals surface area contributed by atoms with Crippen LogP contribution in [0.15, 0.2) is 30.5 Å². The SMILES string of the molecule is CCC(C)NC(=O)CCNc1nccc2ccc(O)cc12. The molecule has 0 aliphatic carbocycles. The van der Waals surface area contributed by atoms with Gasteiger partial charge in [0.15, 0.2) is 0 Å². The molecule has 112 valence electrons. The summed E-state index contributed by atoms with van der Waals surface area (Å²) in [5.74, 6) is 0.910. The van der Waals surface area contributed by atoms with Gasteiger partial charge < -0.3 is 15.7 Å². The number of fused-ring (bicyclic) bond motifs is 1. The Hall–Kier alpha value is -2.30. The van der Waals surface area contributed by atoms with E-state index in [2.05, 4.69) is 15.6 Å². The molecular weight excluding hydrogens is 266 g/mol. The van der Waals surface area contributed by atoms with E-state index in [1.807, 2.05) is 26.0 Å². The van der Waals surface area contributed by atoms with Crippen molar-refractivity contribution in [3.05, 3.63) is 30.5 Å². The summed E-state index contributed by atoms with van der Waals surface area (Å²) in [5.41, 5.74) is 0. The predicted octanol–water partition coefficient (Wildman–Crippen LogP) is 2.66. The van der Waals surface area contributed by atoms with Gasteiger partial charge in [-0.25, -0.2) is 4.98 Å². The number of hydrogen-bond donors (Lipinski definition) is 3. The highest BCUT2D eigenvalue weighted by atomic mass is 16.3. The smallest absolute Gasteiger partial charge is 0.221 e. The molecule has 21 heavy (non-hydrogen) atoms. The Kier molecular flexibility index (Phi) is 4.98. The van der Waals surface area contributed by atoms with Crippen molar-refractivity contribution >= 4 is 22.5 Å². The van der Waals surface area contributed by atoms with Crippen molar-refractivity contribution in [2.24, 2.45) is 0 Å². The summed E-state index contributed by atoms with van der Waals surface area (Å²) in [5, 5.41) is 17.5. The standard InChI is InChI=1S/C16H21N3O2/c1-3-11(2)19-15(21)7-9-18-16-14-10-13(20)5-4-12(14)6-8-17-16/h4-6,8,10-11,20H,3,7,9H2,1-2H3,(H,17,18)(H,19,21). The van der Waals surface area contributed by atoms with Gasteiger partial charge in [-0.15, -0.1) is 0 Å². The second kappa shape index (κ2) is 6.92. The number of benzene rings is 1. The molecule has 0 aliphatic rings. The summed E-state index contributed by atoms with van der Waals surface area (Å²) < 4.78 is 0. The molecule has 0 bridgehead atoms. The zero-order valence-electron chi connectivity index (χ0n) is 12.4. The minimum Gasteiger partial charge on any atom is -0.508 e. The van der Waals surface area contributed by atoms with E-state index in [4.69, 9.17) is 0 Å². The maximum absolute atomic E-state index is 11.7.